The molecule has 1 aromatic rings. The number of phenols is 1. The summed E-state index contributed by atoms with van der Waals surface area (Å²) in [5.74, 6) is -0.0606. The monoisotopic (exact) mass is 197 g/mol. The molecule has 0 radical (unpaired) electrons. The van der Waals surface area contributed by atoms with Crippen molar-refractivity contribution in [1.29, 1.82) is 0 Å². The SMILES string of the molecule is NC[C@@H](N)c1cc(O)ccc1[N+](=O)[O-]. The normalized spacial score (nSPS) is 12.4. The van der Waals surface area contributed by atoms with Gasteiger partial charge in [0, 0.05) is 18.7 Å². The number of nitro benzene ring substituents is 1. The molecule has 0 aliphatic carbocycles. The maximum Gasteiger partial charge on any atom is 0.274 e. The van der Waals surface area contributed by atoms with Crippen molar-refractivity contribution in [3.05, 3.63) is 33.9 Å². The van der Waals surface area contributed by atoms with Gasteiger partial charge in [0.15, 0.2) is 0 Å². The highest BCUT2D eigenvalue weighted by Crippen LogP contribution is 2.26. The van der Waals surface area contributed by atoms with Crippen LogP contribution in [0.25, 0.3) is 0 Å². The number of hydrogen-bond donors (Lipinski definition) is 3. The molecule has 1 rings (SSSR count). The van der Waals surface area contributed by atoms with Gasteiger partial charge in [0.2, 0.25) is 0 Å². The van der Waals surface area contributed by atoms with Gasteiger partial charge in [-0.1, -0.05) is 0 Å². The zero-order valence-corrected chi connectivity index (χ0v) is 7.38. The lowest BCUT2D eigenvalue weighted by Crippen LogP contribution is -2.21. The molecule has 0 unspecified atom stereocenters. The third-order valence-corrected chi connectivity index (χ3v) is 1.86. The van der Waals surface area contributed by atoms with Gasteiger partial charge in [-0.25, -0.2) is 0 Å². The Balaban J connectivity index is 3.22. The highest BCUT2D eigenvalue weighted by Gasteiger charge is 2.18. The number of aromatic hydroxyl groups is 1. The second-order valence-corrected chi connectivity index (χ2v) is 2.84. The average molecular weight is 197 g/mol. The smallest absolute Gasteiger partial charge is 0.274 e. The van der Waals surface area contributed by atoms with E-state index in [1.54, 1.807) is 0 Å². The van der Waals surface area contributed by atoms with E-state index in [9.17, 15) is 10.1 Å². The van der Waals surface area contributed by atoms with Gasteiger partial charge in [-0.15, -0.1) is 0 Å². The summed E-state index contributed by atoms with van der Waals surface area (Å²) in [7, 11) is 0. The van der Waals surface area contributed by atoms with E-state index >= 15 is 0 Å². The second kappa shape index (κ2) is 4.03. The van der Waals surface area contributed by atoms with Gasteiger partial charge in [-0.2, -0.15) is 0 Å². The molecule has 6 heteroatoms. The van der Waals surface area contributed by atoms with E-state index in [0.29, 0.717) is 0 Å². The van der Waals surface area contributed by atoms with Gasteiger partial charge in [0.05, 0.1) is 10.5 Å². The Morgan fingerprint density at radius 1 is 1.57 bits per heavy atom. The molecule has 0 heterocycles. The minimum Gasteiger partial charge on any atom is -0.508 e. The van der Waals surface area contributed by atoms with Gasteiger partial charge in [-0.3, -0.25) is 10.1 Å². The Kier molecular flexibility index (Phi) is 3.00. The van der Waals surface area contributed by atoms with E-state index in [1.807, 2.05) is 0 Å². The Labute approximate surface area is 80.3 Å². The molecule has 0 fully saturated rings. The van der Waals surface area contributed by atoms with Crippen molar-refractivity contribution in [2.75, 3.05) is 6.54 Å². The van der Waals surface area contributed by atoms with E-state index in [2.05, 4.69) is 0 Å². The number of rotatable bonds is 3. The lowest BCUT2D eigenvalue weighted by Gasteiger charge is -2.09. The number of nitrogens with zero attached hydrogens (tertiary/aromatic N) is 1. The van der Waals surface area contributed by atoms with Crippen molar-refractivity contribution in [2.45, 2.75) is 6.04 Å². The van der Waals surface area contributed by atoms with E-state index in [0.717, 1.165) is 0 Å². The first kappa shape index (κ1) is 10.4. The van der Waals surface area contributed by atoms with Crippen molar-refractivity contribution in [2.24, 2.45) is 11.5 Å². The summed E-state index contributed by atoms with van der Waals surface area (Å²) in [6.07, 6.45) is 0. The Morgan fingerprint density at radius 2 is 2.21 bits per heavy atom. The Hall–Kier alpha value is -1.66. The van der Waals surface area contributed by atoms with E-state index in [4.69, 9.17) is 16.6 Å². The van der Waals surface area contributed by atoms with E-state index in [1.165, 1.54) is 18.2 Å². The van der Waals surface area contributed by atoms with Crippen LogP contribution in [0.5, 0.6) is 5.75 Å². The molecule has 76 valence electrons. The fourth-order valence-corrected chi connectivity index (χ4v) is 1.13. The van der Waals surface area contributed by atoms with Crippen LogP contribution < -0.4 is 11.5 Å². The molecule has 1 atom stereocenters. The Morgan fingerprint density at radius 3 is 2.71 bits per heavy atom. The number of nitro groups is 1. The van der Waals surface area contributed by atoms with Crippen molar-refractivity contribution >= 4 is 5.69 Å². The second-order valence-electron chi connectivity index (χ2n) is 2.84. The maximum atomic E-state index is 10.6. The minimum atomic E-state index is -0.637. The molecule has 5 N–H and O–H groups in total. The van der Waals surface area contributed by atoms with Crippen molar-refractivity contribution in [3.8, 4) is 5.75 Å². The molecule has 0 saturated heterocycles. The van der Waals surface area contributed by atoms with Crippen molar-refractivity contribution in [1.82, 2.24) is 0 Å². The van der Waals surface area contributed by atoms with Crippen LogP contribution in [0.15, 0.2) is 18.2 Å². The molecular weight excluding hydrogens is 186 g/mol. The van der Waals surface area contributed by atoms with Crippen molar-refractivity contribution < 1.29 is 10.0 Å². The van der Waals surface area contributed by atoms with Gasteiger partial charge in [0.1, 0.15) is 5.75 Å². The third kappa shape index (κ3) is 1.98. The summed E-state index contributed by atoms with van der Waals surface area (Å²) in [5, 5.41) is 19.7. The van der Waals surface area contributed by atoms with Crippen LogP contribution in [-0.2, 0) is 0 Å². The predicted octanol–water partition coefficient (Wildman–Crippen LogP) is 0.259. The summed E-state index contributed by atoms with van der Waals surface area (Å²) in [6, 6.07) is 3.07. The van der Waals surface area contributed by atoms with Gasteiger partial charge in [-0.05, 0) is 12.1 Å². The quantitative estimate of drug-likeness (QED) is 0.474. The fraction of sp³-hybridized carbons (Fsp3) is 0.250. The molecule has 0 aliphatic rings. The summed E-state index contributed by atoms with van der Waals surface area (Å²) in [4.78, 5) is 10.0. The highest BCUT2D eigenvalue weighted by molar-refractivity contribution is 5.46. The zero-order chi connectivity index (χ0) is 10.7. The van der Waals surface area contributed by atoms with Crippen LogP contribution >= 0.6 is 0 Å². The molecule has 0 amide bonds. The molecule has 0 saturated carbocycles. The first-order valence-electron chi connectivity index (χ1n) is 3.99. The van der Waals surface area contributed by atoms with Crippen LogP contribution in [0.1, 0.15) is 11.6 Å². The number of phenolic OH excluding ortho intramolecular Hbond substituents is 1. The summed E-state index contributed by atoms with van der Waals surface area (Å²) in [5.41, 5.74) is 11.0. The molecule has 0 spiro atoms. The third-order valence-electron chi connectivity index (χ3n) is 1.86. The first-order valence-corrected chi connectivity index (χ1v) is 3.99. The van der Waals surface area contributed by atoms with Gasteiger partial charge < -0.3 is 16.6 Å². The molecular formula is C8H11N3O3. The van der Waals surface area contributed by atoms with Crippen LogP contribution in [0, 0.1) is 10.1 Å². The van der Waals surface area contributed by atoms with Gasteiger partial charge >= 0.3 is 0 Å². The molecule has 1 aromatic carbocycles. The molecule has 0 aliphatic heterocycles. The lowest BCUT2D eigenvalue weighted by molar-refractivity contribution is -0.385. The molecule has 6 nitrogen and oxygen atoms in total. The Bertz CT molecular complexity index is 354. The molecule has 0 aromatic heterocycles. The van der Waals surface area contributed by atoms with Gasteiger partial charge in [0.25, 0.3) is 5.69 Å². The highest BCUT2D eigenvalue weighted by atomic mass is 16.6. The number of hydrogen-bond acceptors (Lipinski definition) is 5. The standard InChI is InChI=1S/C8H11N3O3/c9-4-7(10)6-3-5(12)1-2-8(6)11(13)14/h1-3,7,12H,4,9-10H2/t7-/m1/s1. The largest absolute Gasteiger partial charge is 0.508 e. The van der Waals surface area contributed by atoms with E-state index in [-0.39, 0.29) is 23.5 Å². The molecule has 0 bridgehead atoms. The topological polar surface area (TPSA) is 115 Å². The summed E-state index contributed by atoms with van der Waals surface area (Å²) >= 11 is 0. The summed E-state index contributed by atoms with van der Waals surface area (Å²) in [6.45, 7) is 0.0876. The number of nitrogens with two attached hydrogens (primary N) is 2. The fourth-order valence-electron chi connectivity index (χ4n) is 1.13. The predicted molar refractivity (Wildman–Crippen MR) is 50.7 cm³/mol. The van der Waals surface area contributed by atoms with Crippen LogP contribution in [-0.4, -0.2) is 16.6 Å². The van der Waals surface area contributed by atoms with E-state index < -0.39 is 11.0 Å². The number of benzene rings is 1. The molecule has 14 heavy (non-hydrogen) atoms. The summed E-state index contributed by atoms with van der Waals surface area (Å²) < 4.78 is 0. The minimum absolute atomic E-state index is 0.0606. The van der Waals surface area contributed by atoms with Crippen LogP contribution in [0.4, 0.5) is 5.69 Å². The maximum absolute atomic E-state index is 10.6. The first-order chi connectivity index (χ1) is 6.56. The average Bonchev–Trinajstić information content (AvgIpc) is 2.16. The lowest BCUT2D eigenvalue weighted by atomic mass is 10.1. The zero-order valence-electron chi connectivity index (χ0n) is 7.38. The van der Waals surface area contributed by atoms with Crippen LogP contribution in [0.2, 0.25) is 0 Å². The van der Waals surface area contributed by atoms with Crippen molar-refractivity contribution in [3.63, 3.8) is 0 Å². The van der Waals surface area contributed by atoms with Crippen LogP contribution in [0.3, 0.4) is 0 Å².